The Kier molecular flexibility index (Phi) is 4.96. The number of hydrogen-bond donors (Lipinski definition) is 3. The highest BCUT2D eigenvalue weighted by atomic mass is 19.1. The second kappa shape index (κ2) is 6.66. The maximum Gasteiger partial charge on any atom is 0.284 e. The summed E-state index contributed by atoms with van der Waals surface area (Å²) in [6, 6.07) is 1.44. The minimum atomic E-state index is -1.05. The summed E-state index contributed by atoms with van der Waals surface area (Å²) in [6.07, 6.45) is 1.54. The van der Waals surface area contributed by atoms with E-state index in [0.29, 0.717) is 0 Å². The lowest BCUT2D eigenvalue weighted by atomic mass is 10.4. The van der Waals surface area contributed by atoms with Gasteiger partial charge >= 0.3 is 0 Å². The van der Waals surface area contributed by atoms with Gasteiger partial charge in [0.2, 0.25) is 17.6 Å². The molecule has 2 heterocycles. The molecule has 0 aliphatic heterocycles. The predicted octanol–water partition coefficient (Wildman–Crippen LogP) is -1.21. The van der Waals surface area contributed by atoms with Gasteiger partial charge in [0, 0.05) is 0 Å². The lowest BCUT2D eigenvalue weighted by Crippen LogP contribution is -2.25. The largest absolute Gasteiger partial charge is 0.364 e. The van der Waals surface area contributed by atoms with Crippen molar-refractivity contribution in [3.8, 4) is 6.07 Å². The van der Waals surface area contributed by atoms with Crippen LogP contribution >= 0.6 is 0 Å². The van der Waals surface area contributed by atoms with Crippen LogP contribution in [0.3, 0.4) is 0 Å². The van der Waals surface area contributed by atoms with E-state index in [1.165, 1.54) is 6.07 Å². The van der Waals surface area contributed by atoms with E-state index in [0.717, 1.165) is 12.4 Å². The Morgan fingerprint density at radius 3 is 2.10 bits per heavy atom. The minimum Gasteiger partial charge on any atom is -0.364 e. The fourth-order valence-corrected chi connectivity index (χ4v) is 1.01. The predicted molar refractivity (Wildman–Crippen MR) is 62.9 cm³/mol. The molecule has 21 heavy (non-hydrogen) atoms. The number of nitrogens with zero attached hydrogens (tertiary/aromatic N) is 3. The zero-order valence-corrected chi connectivity index (χ0v) is 10.1. The summed E-state index contributed by atoms with van der Waals surface area (Å²) in [7, 11) is 0. The van der Waals surface area contributed by atoms with Crippen LogP contribution in [-0.4, -0.2) is 25.8 Å². The van der Waals surface area contributed by atoms with Crippen molar-refractivity contribution in [1.82, 2.24) is 19.9 Å². The van der Waals surface area contributed by atoms with Crippen molar-refractivity contribution in [3.05, 3.63) is 56.4 Å². The molecular weight excluding hydrogens is 290 g/mol. The normalized spacial score (nSPS) is 9.19. The van der Waals surface area contributed by atoms with Crippen molar-refractivity contribution in [2.24, 2.45) is 5.73 Å². The Labute approximate surface area is 114 Å². The number of nitriles is 1. The van der Waals surface area contributed by atoms with Crippen molar-refractivity contribution in [1.29, 1.82) is 5.26 Å². The molecule has 108 valence electrons. The standard InChI is InChI=1S/C5H4FN3O2.C5H2FN3O/c6-2-1-8-5(11)3(9-2)4(7)10;6-4-2-8-5(10)3(1-7)9-4/h1H,(H2,7,10)(H,8,11);2H,(H,8,10). The molecule has 0 radical (unpaired) electrons. The summed E-state index contributed by atoms with van der Waals surface area (Å²) in [5.41, 5.74) is 2.15. The molecular formula is C10H6F2N6O3. The Bertz CT molecular complexity index is 823. The van der Waals surface area contributed by atoms with Gasteiger partial charge in [0.25, 0.3) is 17.0 Å². The molecule has 0 aliphatic rings. The topological polar surface area (TPSA) is 158 Å². The first-order chi connectivity index (χ1) is 9.85. The van der Waals surface area contributed by atoms with Crippen LogP contribution in [0.4, 0.5) is 8.78 Å². The molecule has 0 spiro atoms. The third-order valence-electron chi connectivity index (χ3n) is 1.85. The van der Waals surface area contributed by atoms with Gasteiger partial charge in [-0.05, 0) is 0 Å². The first-order valence-corrected chi connectivity index (χ1v) is 5.05. The quantitative estimate of drug-likeness (QED) is 0.598. The molecule has 4 N–H and O–H groups in total. The average Bonchev–Trinajstić information content (AvgIpc) is 2.44. The van der Waals surface area contributed by atoms with Crippen molar-refractivity contribution < 1.29 is 13.6 Å². The van der Waals surface area contributed by atoms with Gasteiger partial charge in [-0.1, -0.05) is 0 Å². The first-order valence-electron chi connectivity index (χ1n) is 5.05. The molecule has 0 aromatic carbocycles. The monoisotopic (exact) mass is 296 g/mol. The van der Waals surface area contributed by atoms with Crippen molar-refractivity contribution >= 4 is 5.91 Å². The molecule has 1 amide bonds. The van der Waals surface area contributed by atoms with E-state index in [4.69, 9.17) is 11.0 Å². The molecule has 0 aliphatic carbocycles. The number of hydrogen-bond acceptors (Lipinski definition) is 6. The van der Waals surface area contributed by atoms with E-state index in [-0.39, 0.29) is 0 Å². The second-order valence-electron chi connectivity index (χ2n) is 3.28. The van der Waals surface area contributed by atoms with Crippen LogP contribution in [0.15, 0.2) is 22.0 Å². The number of nitrogens with one attached hydrogen (secondary N) is 2. The summed E-state index contributed by atoms with van der Waals surface area (Å²) in [5, 5.41) is 8.14. The van der Waals surface area contributed by atoms with Crippen LogP contribution in [0.25, 0.3) is 0 Å². The van der Waals surface area contributed by atoms with Gasteiger partial charge < -0.3 is 15.7 Å². The number of carbonyl (C=O) groups excluding carboxylic acids is 1. The van der Waals surface area contributed by atoms with Crippen LogP contribution < -0.4 is 16.9 Å². The number of rotatable bonds is 1. The summed E-state index contributed by atoms with van der Waals surface area (Å²) in [4.78, 5) is 41.4. The number of carbonyl (C=O) groups is 1. The SMILES string of the molecule is N#Cc1nc(F)c[nH]c1=O.NC(=O)c1nc(F)c[nH]c1=O. The maximum atomic E-state index is 12.2. The number of nitrogens with two attached hydrogens (primary N) is 1. The Morgan fingerprint density at radius 1 is 1.14 bits per heavy atom. The van der Waals surface area contributed by atoms with Gasteiger partial charge in [0.05, 0.1) is 12.4 Å². The molecule has 0 unspecified atom stereocenters. The number of H-pyrrole nitrogens is 2. The Morgan fingerprint density at radius 2 is 1.67 bits per heavy atom. The molecule has 2 rings (SSSR count). The molecule has 0 bridgehead atoms. The van der Waals surface area contributed by atoms with Crippen molar-refractivity contribution in [3.63, 3.8) is 0 Å². The summed E-state index contributed by atoms with van der Waals surface area (Å²) in [5.74, 6) is -2.86. The van der Waals surface area contributed by atoms with E-state index >= 15 is 0 Å². The van der Waals surface area contributed by atoms with E-state index in [1.807, 2.05) is 9.97 Å². The molecule has 2 aromatic rings. The number of halogens is 2. The molecule has 0 saturated carbocycles. The van der Waals surface area contributed by atoms with Gasteiger partial charge in [0.15, 0.2) is 5.69 Å². The van der Waals surface area contributed by atoms with Gasteiger partial charge in [-0.15, -0.1) is 0 Å². The summed E-state index contributed by atoms with van der Waals surface area (Å²) < 4.78 is 24.3. The molecule has 11 heteroatoms. The van der Waals surface area contributed by atoms with Crippen LogP contribution in [0, 0.1) is 23.2 Å². The Balaban J connectivity index is 0.000000211. The zero-order valence-electron chi connectivity index (χ0n) is 10.1. The number of amides is 1. The summed E-state index contributed by atoms with van der Waals surface area (Å²) in [6.45, 7) is 0. The smallest absolute Gasteiger partial charge is 0.284 e. The highest BCUT2D eigenvalue weighted by Gasteiger charge is 2.08. The third kappa shape index (κ3) is 4.31. The fraction of sp³-hybridized carbons (Fsp3) is 0. The first kappa shape index (κ1) is 15.6. The highest BCUT2D eigenvalue weighted by Crippen LogP contribution is 1.86. The van der Waals surface area contributed by atoms with Crippen molar-refractivity contribution in [2.75, 3.05) is 0 Å². The molecule has 0 fully saturated rings. The lowest BCUT2D eigenvalue weighted by Gasteiger charge is -1.91. The maximum absolute atomic E-state index is 12.2. The van der Waals surface area contributed by atoms with Crippen LogP contribution in [0.5, 0.6) is 0 Å². The number of aromatic nitrogens is 4. The third-order valence-corrected chi connectivity index (χ3v) is 1.85. The van der Waals surface area contributed by atoms with E-state index in [9.17, 15) is 23.2 Å². The fourth-order valence-electron chi connectivity index (χ4n) is 1.01. The van der Waals surface area contributed by atoms with E-state index < -0.39 is 40.3 Å². The van der Waals surface area contributed by atoms with Gasteiger partial charge in [-0.2, -0.15) is 14.0 Å². The van der Waals surface area contributed by atoms with Crippen LogP contribution in [0.1, 0.15) is 16.2 Å². The van der Waals surface area contributed by atoms with Gasteiger partial charge in [-0.25, -0.2) is 9.97 Å². The van der Waals surface area contributed by atoms with Crippen LogP contribution in [-0.2, 0) is 0 Å². The molecule has 9 nitrogen and oxygen atoms in total. The average molecular weight is 296 g/mol. The van der Waals surface area contributed by atoms with Gasteiger partial charge in [0.1, 0.15) is 6.07 Å². The molecule has 0 saturated heterocycles. The highest BCUT2D eigenvalue weighted by molar-refractivity contribution is 5.90. The minimum absolute atomic E-state index is 0.458. The van der Waals surface area contributed by atoms with E-state index in [2.05, 4.69) is 9.97 Å². The molecule has 0 atom stereocenters. The zero-order chi connectivity index (χ0) is 16.0. The molecule has 2 aromatic heterocycles. The number of aromatic amines is 2. The number of primary amides is 1. The van der Waals surface area contributed by atoms with Crippen molar-refractivity contribution in [2.45, 2.75) is 0 Å². The van der Waals surface area contributed by atoms with Crippen LogP contribution in [0.2, 0.25) is 0 Å². The Hall–Kier alpha value is -3.42. The second-order valence-corrected chi connectivity index (χ2v) is 3.28. The van der Waals surface area contributed by atoms with Gasteiger partial charge in [-0.3, -0.25) is 14.4 Å². The van der Waals surface area contributed by atoms with E-state index in [1.54, 1.807) is 0 Å². The lowest BCUT2D eigenvalue weighted by molar-refractivity contribution is 0.0992. The summed E-state index contributed by atoms with van der Waals surface area (Å²) >= 11 is 0.